The molecule has 7 heteroatoms. The van der Waals surface area contributed by atoms with Crippen LogP contribution in [0.25, 0.3) is 0 Å². The van der Waals surface area contributed by atoms with E-state index in [-0.39, 0.29) is 6.41 Å². The Labute approximate surface area is 110 Å². The first-order valence-corrected chi connectivity index (χ1v) is 5.76. The van der Waals surface area contributed by atoms with Crippen LogP contribution in [0.2, 0.25) is 0 Å². The molecule has 1 aliphatic rings. The molecule has 1 aliphatic carbocycles. The Morgan fingerprint density at radius 3 is 2.16 bits per heavy atom. The van der Waals surface area contributed by atoms with Crippen LogP contribution < -0.4 is 0 Å². The molecule has 0 aliphatic heterocycles. The minimum atomic E-state index is -0.884. The monoisotopic (exact) mass is 271 g/mol. The van der Waals surface area contributed by atoms with E-state index in [1.54, 1.807) is 20.8 Å². The van der Waals surface area contributed by atoms with Gasteiger partial charge in [-0.25, -0.2) is 9.69 Å². The van der Waals surface area contributed by atoms with Gasteiger partial charge in [0.15, 0.2) is 0 Å². The summed E-state index contributed by atoms with van der Waals surface area (Å²) < 4.78 is 9.55. The molecule has 19 heavy (non-hydrogen) atoms. The van der Waals surface area contributed by atoms with Crippen molar-refractivity contribution in [3.05, 3.63) is 0 Å². The standard InChI is InChI=1S/C12H17NO6/c1-12(2,3)19-11(17)13(6-15)9-7(5-14)8(9)10(16)18-4/h5-9H,1-4H3/t7-,8-,9-/m0/s1. The highest BCUT2D eigenvalue weighted by Crippen LogP contribution is 2.42. The van der Waals surface area contributed by atoms with E-state index in [1.165, 1.54) is 7.11 Å². The molecule has 0 aromatic heterocycles. The van der Waals surface area contributed by atoms with Crippen molar-refractivity contribution in [2.75, 3.05) is 7.11 Å². The SMILES string of the molecule is COC(=O)[C@H]1[C@H](C=O)[C@@H]1N(C=O)C(=O)OC(C)(C)C. The Bertz CT molecular complexity index is 400. The molecule has 0 radical (unpaired) electrons. The van der Waals surface area contributed by atoms with E-state index in [0.29, 0.717) is 6.29 Å². The van der Waals surface area contributed by atoms with E-state index in [1.807, 2.05) is 0 Å². The molecule has 0 bridgehead atoms. The zero-order valence-corrected chi connectivity index (χ0v) is 11.3. The maximum atomic E-state index is 11.8. The third-order valence-corrected chi connectivity index (χ3v) is 2.71. The smallest absolute Gasteiger partial charge is 0.417 e. The summed E-state index contributed by atoms with van der Waals surface area (Å²) in [6.45, 7) is 4.95. The average molecular weight is 271 g/mol. The maximum absolute atomic E-state index is 11.8. The molecule has 0 N–H and O–H groups in total. The van der Waals surface area contributed by atoms with Crippen LogP contribution >= 0.6 is 0 Å². The number of aldehydes is 1. The molecular weight excluding hydrogens is 254 g/mol. The predicted molar refractivity (Wildman–Crippen MR) is 63.0 cm³/mol. The second-order valence-electron chi connectivity index (χ2n) is 5.25. The van der Waals surface area contributed by atoms with Gasteiger partial charge in [0.1, 0.15) is 11.9 Å². The molecule has 1 saturated carbocycles. The quantitative estimate of drug-likeness (QED) is 0.542. The van der Waals surface area contributed by atoms with E-state index in [9.17, 15) is 19.2 Å². The molecule has 0 unspecified atom stereocenters. The number of rotatable bonds is 4. The summed E-state index contributed by atoms with van der Waals surface area (Å²) in [7, 11) is 1.18. The van der Waals surface area contributed by atoms with Crippen LogP contribution in [-0.4, -0.2) is 48.4 Å². The second-order valence-corrected chi connectivity index (χ2v) is 5.25. The molecular formula is C12H17NO6. The van der Waals surface area contributed by atoms with Crippen LogP contribution in [0.15, 0.2) is 0 Å². The minimum Gasteiger partial charge on any atom is -0.469 e. The van der Waals surface area contributed by atoms with Crippen molar-refractivity contribution < 1.29 is 28.7 Å². The highest BCUT2D eigenvalue weighted by Gasteiger charge is 2.60. The molecule has 0 saturated heterocycles. The number of esters is 1. The fourth-order valence-corrected chi connectivity index (χ4v) is 1.82. The van der Waals surface area contributed by atoms with Crippen LogP contribution in [0.4, 0.5) is 4.79 Å². The van der Waals surface area contributed by atoms with Crippen molar-refractivity contribution in [1.82, 2.24) is 4.90 Å². The number of imide groups is 1. The van der Waals surface area contributed by atoms with Gasteiger partial charge in [-0.3, -0.25) is 9.59 Å². The number of hydrogen-bond acceptors (Lipinski definition) is 6. The number of ether oxygens (including phenoxy) is 2. The lowest BCUT2D eigenvalue weighted by molar-refractivity contribution is -0.143. The van der Waals surface area contributed by atoms with E-state index in [4.69, 9.17) is 4.74 Å². The Hall–Kier alpha value is -1.92. The first-order chi connectivity index (χ1) is 8.76. The van der Waals surface area contributed by atoms with Crippen LogP contribution in [0.1, 0.15) is 20.8 Å². The van der Waals surface area contributed by atoms with E-state index in [0.717, 1.165) is 4.90 Å². The van der Waals surface area contributed by atoms with Gasteiger partial charge >= 0.3 is 12.1 Å². The molecule has 2 amide bonds. The summed E-state index contributed by atoms with van der Waals surface area (Å²) >= 11 is 0. The molecule has 0 aromatic carbocycles. The van der Waals surface area contributed by atoms with Gasteiger partial charge in [0.2, 0.25) is 6.41 Å². The van der Waals surface area contributed by atoms with Crippen molar-refractivity contribution in [2.45, 2.75) is 32.4 Å². The molecule has 7 nitrogen and oxygen atoms in total. The van der Waals surface area contributed by atoms with Gasteiger partial charge in [-0.15, -0.1) is 0 Å². The molecule has 1 fully saturated rings. The Kier molecular flexibility index (Phi) is 4.28. The van der Waals surface area contributed by atoms with Gasteiger partial charge in [0.25, 0.3) is 0 Å². The number of carbonyl (C=O) groups excluding carboxylic acids is 4. The third kappa shape index (κ3) is 3.30. The number of hydrogen-bond donors (Lipinski definition) is 0. The van der Waals surface area contributed by atoms with Crippen molar-refractivity contribution in [1.29, 1.82) is 0 Å². The summed E-state index contributed by atoms with van der Waals surface area (Å²) in [6.07, 6.45) is -0.0866. The molecule has 3 atom stereocenters. The number of carbonyl (C=O) groups is 4. The zero-order valence-electron chi connectivity index (χ0n) is 11.3. The van der Waals surface area contributed by atoms with Gasteiger partial charge in [-0.2, -0.15) is 0 Å². The lowest BCUT2D eigenvalue weighted by Gasteiger charge is -2.23. The topological polar surface area (TPSA) is 90.0 Å². The molecule has 106 valence electrons. The highest BCUT2D eigenvalue weighted by molar-refractivity contribution is 5.89. The van der Waals surface area contributed by atoms with Gasteiger partial charge in [0, 0.05) is 0 Å². The molecule has 0 aromatic rings. The summed E-state index contributed by atoms with van der Waals surface area (Å²) in [6, 6.07) is -0.822. The highest BCUT2D eigenvalue weighted by atomic mass is 16.6. The van der Waals surface area contributed by atoms with E-state index >= 15 is 0 Å². The fourth-order valence-electron chi connectivity index (χ4n) is 1.82. The zero-order chi connectivity index (χ0) is 14.8. The summed E-state index contributed by atoms with van der Waals surface area (Å²) in [5, 5.41) is 0. The summed E-state index contributed by atoms with van der Waals surface area (Å²) in [5.41, 5.74) is -0.773. The van der Waals surface area contributed by atoms with Crippen LogP contribution in [-0.2, 0) is 23.9 Å². The van der Waals surface area contributed by atoms with Crippen LogP contribution in [0.3, 0.4) is 0 Å². The van der Waals surface area contributed by atoms with Gasteiger partial charge in [0.05, 0.1) is 25.0 Å². The van der Waals surface area contributed by atoms with Crippen molar-refractivity contribution in [3.63, 3.8) is 0 Å². The largest absolute Gasteiger partial charge is 0.469 e. The van der Waals surface area contributed by atoms with Gasteiger partial charge in [-0.1, -0.05) is 0 Å². The molecule has 0 spiro atoms. The molecule has 0 heterocycles. The Balaban J connectivity index is 2.81. The Morgan fingerprint density at radius 1 is 1.21 bits per heavy atom. The summed E-state index contributed by atoms with van der Waals surface area (Å²) in [5.74, 6) is -2.16. The fraction of sp³-hybridized carbons (Fsp3) is 0.667. The van der Waals surface area contributed by atoms with Gasteiger partial charge < -0.3 is 14.3 Å². The van der Waals surface area contributed by atoms with E-state index < -0.39 is 35.5 Å². The van der Waals surface area contributed by atoms with Crippen LogP contribution in [0.5, 0.6) is 0 Å². The van der Waals surface area contributed by atoms with Crippen molar-refractivity contribution >= 4 is 24.8 Å². The van der Waals surface area contributed by atoms with Gasteiger partial charge in [-0.05, 0) is 20.8 Å². The first kappa shape index (κ1) is 15.1. The third-order valence-electron chi connectivity index (χ3n) is 2.71. The lowest BCUT2D eigenvalue weighted by Crippen LogP contribution is -2.39. The predicted octanol–water partition coefficient (Wildman–Crippen LogP) is 0.366. The lowest BCUT2D eigenvalue weighted by atomic mass is 10.2. The minimum absolute atomic E-state index is 0.262. The van der Waals surface area contributed by atoms with Crippen molar-refractivity contribution in [3.8, 4) is 0 Å². The van der Waals surface area contributed by atoms with E-state index in [2.05, 4.69) is 4.74 Å². The maximum Gasteiger partial charge on any atom is 0.417 e. The second kappa shape index (κ2) is 5.38. The number of methoxy groups -OCH3 is 1. The average Bonchev–Trinajstić information content (AvgIpc) is 3.00. The summed E-state index contributed by atoms with van der Waals surface area (Å²) in [4.78, 5) is 45.8. The Morgan fingerprint density at radius 2 is 1.79 bits per heavy atom. The number of amides is 2. The van der Waals surface area contributed by atoms with Crippen LogP contribution in [0, 0.1) is 11.8 Å². The normalized spacial score (nSPS) is 25.2. The first-order valence-electron chi connectivity index (χ1n) is 5.76. The number of nitrogens with zero attached hydrogens (tertiary/aromatic N) is 1. The molecule has 1 rings (SSSR count). The van der Waals surface area contributed by atoms with Crippen molar-refractivity contribution in [2.24, 2.45) is 11.8 Å².